The van der Waals surface area contributed by atoms with Gasteiger partial charge in [-0.3, -0.25) is 4.98 Å². The van der Waals surface area contributed by atoms with E-state index in [1.165, 1.54) is 7.11 Å². The number of aryl methyl sites for hydroxylation is 1. The van der Waals surface area contributed by atoms with E-state index in [1.54, 1.807) is 24.5 Å². The Morgan fingerprint density at radius 3 is 2.65 bits per heavy atom. The van der Waals surface area contributed by atoms with Crippen molar-refractivity contribution in [2.45, 2.75) is 13.0 Å². The lowest BCUT2D eigenvalue weighted by atomic mass is 10.0. The average molecular weight is 231 g/mol. The Bertz CT molecular complexity index is 499. The van der Waals surface area contributed by atoms with Gasteiger partial charge < -0.3 is 9.84 Å². The van der Waals surface area contributed by atoms with Crippen molar-refractivity contribution in [2.24, 2.45) is 0 Å². The third-order valence-electron chi connectivity index (χ3n) is 2.52. The van der Waals surface area contributed by atoms with E-state index in [1.807, 2.05) is 13.0 Å². The number of aromatic nitrogens is 3. The average Bonchev–Trinajstić information content (AvgIpc) is 2.39. The summed E-state index contributed by atoms with van der Waals surface area (Å²) in [4.78, 5) is 3.99. The summed E-state index contributed by atoms with van der Waals surface area (Å²) in [5, 5.41) is 17.9. The Kier molecular flexibility index (Phi) is 3.30. The number of aliphatic hydroxyl groups is 1. The molecule has 0 saturated heterocycles. The Morgan fingerprint density at radius 1 is 1.24 bits per heavy atom. The van der Waals surface area contributed by atoms with Crippen LogP contribution in [0.3, 0.4) is 0 Å². The lowest BCUT2D eigenvalue weighted by molar-refractivity contribution is 0.212. The minimum atomic E-state index is -0.817. The minimum absolute atomic E-state index is 0.420. The fourth-order valence-corrected chi connectivity index (χ4v) is 1.51. The highest BCUT2D eigenvalue weighted by atomic mass is 16.5. The van der Waals surface area contributed by atoms with E-state index in [4.69, 9.17) is 4.74 Å². The van der Waals surface area contributed by atoms with Gasteiger partial charge >= 0.3 is 0 Å². The van der Waals surface area contributed by atoms with Gasteiger partial charge in [0, 0.05) is 24.0 Å². The lowest BCUT2D eigenvalue weighted by Gasteiger charge is -2.11. The zero-order valence-electron chi connectivity index (χ0n) is 9.66. The van der Waals surface area contributed by atoms with Crippen LogP contribution in [0, 0.1) is 6.92 Å². The van der Waals surface area contributed by atoms with Crippen molar-refractivity contribution in [3.05, 3.63) is 47.4 Å². The molecule has 2 aromatic rings. The molecule has 0 spiro atoms. The van der Waals surface area contributed by atoms with Gasteiger partial charge in [0.1, 0.15) is 6.10 Å². The molecule has 2 rings (SSSR count). The molecular formula is C12H13N3O2. The SMILES string of the molecule is COc1ccc(C(O)c2cnccc2C)nn1. The number of pyridine rings is 1. The second-order valence-electron chi connectivity index (χ2n) is 3.64. The molecule has 17 heavy (non-hydrogen) atoms. The molecule has 0 aliphatic rings. The summed E-state index contributed by atoms with van der Waals surface area (Å²) >= 11 is 0. The summed E-state index contributed by atoms with van der Waals surface area (Å²) in [5.74, 6) is 0.420. The van der Waals surface area contributed by atoms with E-state index >= 15 is 0 Å². The van der Waals surface area contributed by atoms with Crippen molar-refractivity contribution < 1.29 is 9.84 Å². The fourth-order valence-electron chi connectivity index (χ4n) is 1.51. The minimum Gasteiger partial charge on any atom is -0.480 e. The monoisotopic (exact) mass is 231 g/mol. The highest BCUT2D eigenvalue weighted by Crippen LogP contribution is 2.22. The van der Waals surface area contributed by atoms with Crippen molar-refractivity contribution in [2.75, 3.05) is 7.11 Å². The van der Waals surface area contributed by atoms with Crippen LogP contribution in [0.1, 0.15) is 22.9 Å². The summed E-state index contributed by atoms with van der Waals surface area (Å²) in [6, 6.07) is 5.19. The van der Waals surface area contributed by atoms with Crippen LogP contribution in [0.25, 0.3) is 0 Å². The molecule has 0 fully saturated rings. The maximum atomic E-state index is 10.2. The summed E-state index contributed by atoms with van der Waals surface area (Å²) in [7, 11) is 1.52. The van der Waals surface area contributed by atoms with Crippen LogP contribution in [0.4, 0.5) is 0 Å². The van der Waals surface area contributed by atoms with Crippen LogP contribution in [0.2, 0.25) is 0 Å². The number of hydrogen-bond acceptors (Lipinski definition) is 5. The Balaban J connectivity index is 2.30. The maximum Gasteiger partial charge on any atom is 0.233 e. The van der Waals surface area contributed by atoms with Gasteiger partial charge in [-0.05, 0) is 24.6 Å². The number of methoxy groups -OCH3 is 1. The molecule has 0 radical (unpaired) electrons. The topological polar surface area (TPSA) is 68.1 Å². The first-order valence-electron chi connectivity index (χ1n) is 5.18. The standard InChI is InChI=1S/C12H13N3O2/c1-8-5-6-13-7-9(8)12(16)10-3-4-11(17-2)15-14-10/h3-7,12,16H,1-2H3. The molecule has 0 aromatic carbocycles. The van der Waals surface area contributed by atoms with Crippen molar-refractivity contribution in [3.8, 4) is 5.88 Å². The first-order valence-corrected chi connectivity index (χ1v) is 5.18. The second-order valence-corrected chi connectivity index (χ2v) is 3.64. The molecule has 2 heterocycles. The van der Waals surface area contributed by atoms with Crippen molar-refractivity contribution in [3.63, 3.8) is 0 Å². The van der Waals surface area contributed by atoms with Gasteiger partial charge in [-0.1, -0.05) is 0 Å². The summed E-state index contributed by atoms with van der Waals surface area (Å²) in [6.07, 6.45) is 2.50. The van der Waals surface area contributed by atoms with E-state index < -0.39 is 6.10 Å². The van der Waals surface area contributed by atoms with Crippen molar-refractivity contribution in [1.29, 1.82) is 0 Å². The van der Waals surface area contributed by atoms with Gasteiger partial charge in [0.15, 0.2) is 0 Å². The van der Waals surface area contributed by atoms with Gasteiger partial charge in [0.2, 0.25) is 5.88 Å². The fraction of sp³-hybridized carbons (Fsp3) is 0.250. The van der Waals surface area contributed by atoms with E-state index in [-0.39, 0.29) is 0 Å². The van der Waals surface area contributed by atoms with Gasteiger partial charge in [0.25, 0.3) is 0 Å². The first kappa shape index (κ1) is 11.5. The predicted octanol–water partition coefficient (Wildman–Crippen LogP) is 1.27. The number of nitrogens with zero attached hydrogens (tertiary/aromatic N) is 3. The van der Waals surface area contributed by atoms with Crippen LogP contribution in [-0.4, -0.2) is 27.4 Å². The molecule has 2 aromatic heterocycles. The molecule has 0 saturated carbocycles. The molecule has 0 aliphatic heterocycles. The first-order chi connectivity index (χ1) is 8.22. The number of rotatable bonds is 3. The zero-order valence-corrected chi connectivity index (χ0v) is 9.66. The van der Waals surface area contributed by atoms with E-state index in [2.05, 4.69) is 15.2 Å². The Labute approximate surface area is 99.1 Å². The highest BCUT2D eigenvalue weighted by molar-refractivity contribution is 5.30. The van der Waals surface area contributed by atoms with Crippen LogP contribution >= 0.6 is 0 Å². The largest absolute Gasteiger partial charge is 0.480 e. The number of ether oxygens (including phenoxy) is 1. The van der Waals surface area contributed by atoms with Crippen LogP contribution < -0.4 is 4.74 Å². The molecular weight excluding hydrogens is 218 g/mol. The molecule has 1 atom stereocenters. The Morgan fingerprint density at radius 2 is 2.06 bits per heavy atom. The van der Waals surface area contributed by atoms with Gasteiger partial charge in [-0.15, -0.1) is 10.2 Å². The molecule has 5 nitrogen and oxygen atoms in total. The molecule has 0 amide bonds. The van der Waals surface area contributed by atoms with E-state index in [0.29, 0.717) is 11.6 Å². The van der Waals surface area contributed by atoms with E-state index in [0.717, 1.165) is 11.1 Å². The quantitative estimate of drug-likeness (QED) is 0.861. The number of aliphatic hydroxyl groups excluding tert-OH is 1. The van der Waals surface area contributed by atoms with Gasteiger partial charge in [0.05, 0.1) is 12.8 Å². The number of hydrogen-bond donors (Lipinski definition) is 1. The van der Waals surface area contributed by atoms with E-state index in [9.17, 15) is 5.11 Å². The summed E-state index contributed by atoms with van der Waals surface area (Å²) < 4.78 is 4.91. The predicted molar refractivity (Wildman–Crippen MR) is 61.6 cm³/mol. The molecule has 5 heteroatoms. The van der Waals surface area contributed by atoms with Crippen LogP contribution in [0.5, 0.6) is 5.88 Å². The van der Waals surface area contributed by atoms with Crippen LogP contribution in [-0.2, 0) is 0 Å². The van der Waals surface area contributed by atoms with Crippen molar-refractivity contribution in [1.82, 2.24) is 15.2 Å². The summed E-state index contributed by atoms with van der Waals surface area (Å²) in [6.45, 7) is 1.91. The zero-order chi connectivity index (χ0) is 12.3. The summed E-state index contributed by atoms with van der Waals surface area (Å²) in [5.41, 5.74) is 2.17. The normalized spacial score (nSPS) is 12.2. The van der Waals surface area contributed by atoms with Gasteiger partial charge in [-0.2, -0.15) is 0 Å². The lowest BCUT2D eigenvalue weighted by Crippen LogP contribution is -2.06. The maximum absolute atomic E-state index is 10.2. The molecule has 0 aliphatic carbocycles. The Hall–Kier alpha value is -2.01. The van der Waals surface area contributed by atoms with Crippen molar-refractivity contribution >= 4 is 0 Å². The molecule has 0 bridgehead atoms. The molecule has 88 valence electrons. The third-order valence-corrected chi connectivity index (χ3v) is 2.52. The smallest absolute Gasteiger partial charge is 0.233 e. The van der Waals surface area contributed by atoms with Crippen LogP contribution in [0.15, 0.2) is 30.6 Å². The van der Waals surface area contributed by atoms with Gasteiger partial charge in [-0.25, -0.2) is 0 Å². The highest BCUT2D eigenvalue weighted by Gasteiger charge is 2.14. The molecule has 1 unspecified atom stereocenters. The molecule has 1 N–H and O–H groups in total. The third kappa shape index (κ3) is 2.39. The second kappa shape index (κ2) is 4.88.